The van der Waals surface area contributed by atoms with E-state index in [0.29, 0.717) is 5.75 Å². The third kappa shape index (κ3) is 5.50. The van der Waals surface area contributed by atoms with Gasteiger partial charge in [0.15, 0.2) is 0 Å². The summed E-state index contributed by atoms with van der Waals surface area (Å²) in [5.74, 6) is -0.405. The molecule has 7 heteroatoms. The average molecular weight is 315 g/mol. The summed E-state index contributed by atoms with van der Waals surface area (Å²) in [5, 5.41) is 22.1. The lowest BCUT2D eigenvalue weighted by Crippen LogP contribution is -2.39. The molecule has 0 radical (unpaired) electrons. The second kappa shape index (κ2) is 7.42. The Bertz CT molecular complexity index is 515. The molecular weight excluding hydrogens is 293 g/mol. The average Bonchev–Trinajstić information content (AvgIpc) is 2.42. The number of amides is 1. The second-order valence-electron chi connectivity index (χ2n) is 5.78. The van der Waals surface area contributed by atoms with Gasteiger partial charge in [-0.3, -0.25) is 0 Å². The molecule has 0 bridgehead atoms. The SMILES string of the molecule is COc1ccc(C(O)C(O)CNC(=O)OC(C)(C)C)c(F)c1. The van der Waals surface area contributed by atoms with E-state index in [9.17, 15) is 19.4 Å². The van der Waals surface area contributed by atoms with Gasteiger partial charge in [0.1, 0.15) is 29.4 Å². The van der Waals surface area contributed by atoms with E-state index in [2.05, 4.69) is 5.32 Å². The predicted molar refractivity (Wildman–Crippen MR) is 78.2 cm³/mol. The highest BCUT2D eigenvalue weighted by atomic mass is 19.1. The van der Waals surface area contributed by atoms with Crippen molar-refractivity contribution in [3.63, 3.8) is 0 Å². The van der Waals surface area contributed by atoms with Gasteiger partial charge in [0, 0.05) is 18.2 Å². The number of alkyl carbamates (subject to hydrolysis) is 1. The fraction of sp³-hybridized carbons (Fsp3) is 0.533. The molecule has 1 amide bonds. The minimum absolute atomic E-state index is 0.0840. The Balaban J connectivity index is 2.62. The molecule has 0 aliphatic carbocycles. The van der Waals surface area contributed by atoms with Gasteiger partial charge in [-0.15, -0.1) is 0 Å². The first kappa shape index (κ1) is 18.2. The number of methoxy groups -OCH3 is 1. The summed E-state index contributed by atoms with van der Waals surface area (Å²) in [7, 11) is 1.39. The Labute approximate surface area is 128 Å². The molecule has 1 rings (SSSR count). The summed E-state index contributed by atoms with van der Waals surface area (Å²) in [6.45, 7) is 4.82. The maximum Gasteiger partial charge on any atom is 0.407 e. The molecule has 0 saturated heterocycles. The standard InChI is InChI=1S/C15H22FNO5/c1-15(2,3)22-14(20)17-8-12(18)13(19)10-6-5-9(21-4)7-11(10)16/h5-7,12-13,18-19H,8H2,1-4H3,(H,17,20). The van der Waals surface area contributed by atoms with Crippen LogP contribution in [0.25, 0.3) is 0 Å². The van der Waals surface area contributed by atoms with Crippen molar-refractivity contribution in [1.82, 2.24) is 5.32 Å². The van der Waals surface area contributed by atoms with E-state index in [4.69, 9.17) is 9.47 Å². The first-order valence-corrected chi connectivity index (χ1v) is 6.80. The van der Waals surface area contributed by atoms with E-state index < -0.39 is 29.7 Å². The molecular formula is C15H22FNO5. The lowest BCUT2D eigenvalue weighted by molar-refractivity contribution is 0.0113. The van der Waals surface area contributed by atoms with E-state index in [1.807, 2.05) is 0 Å². The van der Waals surface area contributed by atoms with Crippen molar-refractivity contribution in [3.05, 3.63) is 29.6 Å². The van der Waals surface area contributed by atoms with Gasteiger partial charge < -0.3 is 25.0 Å². The van der Waals surface area contributed by atoms with Crippen LogP contribution < -0.4 is 10.1 Å². The smallest absolute Gasteiger partial charge is 0.407 e. The number of ether oxygens (including phenoxy) is 2. The Morgan fingerprint density at radius 2 is 2.00 bits per heavy atom. The zero-order chi connectivity index (χ0) is 16.9. The molecule has 0 aliphatic heterocycles. The van der Waals surface area contributed by atoms with Gasteiger partial charge in [-0.1, -0.05) is 0 Å². The van der Waals surface area contributed by atoms with Crippen molar-refractivity contribution in [3.8, 4) is 5.75 Å². The van der Waals surface area contributed by atoms with Gasteiger partial charge >= 0.3 is 6.09 Å². The minimum atomic E-state index is -1.49. The summed E-state index contributed by atoms with van der Waals surface area (Å²) in [4.78, 5) is 11.5. The third-order valence-corrected chi connectivity index (χ3v) is 2.75. The summed E-state index contributed by atoms with van der Waals surface area (Å²) in [6, 6.07) is 3.89. The number of rotatable bonds is 5. The Hall–Kier alpha value is -1.86. The van der Waals surface area contributed by atoms with E-state index in [1.165, 1.54) is 19.2 Å². The monoisotopic (exact) mass is 315 g/mol. The normalized spacial score (nSPS) is 14.1. The van der Waals surface area contributed by atoms with Crippen LogP contribution in [-0.4, -0.2) is 41.7 Å². The molecule has 3 N–H and O–H groups in total. The Kier molecular flexibility index (Phi) is 6.13. The highest BCUT2D eigenvalue weighted by Crippen LogP contribution is 2.24. The number of aliphatic hydroxyl groups excluding tert-OH is 2. The van der Waals surface area contributed by atoms with E-state index in [0.717, 1.165) is 6.07 Å². The van der Waals surface area contributed by atoms with Crippen LogP contribution in [0.1, 0.15) is 32.4 Å². The van der Waals surface area contributed by atoms with Crippen molar-refractivity contribution < 1.29 is 28.9 Å². The maximum absolute atomic E-state index is 13.8. The van der Waals surface area contributed by atoms with Crippen molar-refractivity contribution in [1.29, 1.82) is 0 Å². The molecule has 0 aliphatic rings. The largest absolute Gasteiger partial charge is 0.497 e. The fourth-order valence-corrected chi connectivity index (χ4v) is 1.70. The Morgan fingerprint density at radius 1 is 1.36 bits per heavy atom. The molecule has 22 heavy (non-hydrogen) atoms. The van der Waals surface area contributed by atoms with Gasteiger partial charge in [0.2, 0.25) is 0 Å². The molecule has 0 saturated carbocycles. The number of halogens is 1. The van der Waals surface area contributed by atoms with Gasteiger partial charge in [0.05, 0.1) is 7.11 Å². The van der Waals surface area contributed by atoms with Crippen LogP contribution in [0.4, 0.5) is 9.18 Å². The number of aliphatic hydroxyl groups is 2. The molecule has 1 aromatic carbocycles. The zero-order valence-electron chi connectivity index (χ0n) is 13.1. The van der Waals surface area contributed by atoms with E-state index >= 15 is 0 Å². The molecule has 0 aromatic heterocycles. The topological polar surface area (TPSA) is 88.0 Å². The highest BCUT2D eigenvalue weighted by Gasteiger charge is 2.23. The molecule has 0 heterocycles. The van der Waals surface area contributed by atoms with Crippen LogP contribution >= 0.6 is 0 Å². The number of hydrogen-bond acceptors (Lipinski definition) is 5. The summed E-state index contributed by atoms with van der Waals surface area (Å²) >= 11 is 0. The third-order valence-electron chi connectivity index (χ3n) is 2.75. The fourth-order valence-electron chi connectivity index (χ4n) is 1.70. The number of carbonyl (C=O) groups excluding carboxylic acids is 1. The lowest BCUT2D eigenvalue weighted by atomic mass is 10.0. The quantitative estimate of drug-likeness (QED) is 0.770. The molecule has 1 aromatic rings. The molecule has 6 nitrogen and oxygen atoms in total. The molecule has 2 unspecified atom stereocenters. The van der Waals surface area contributed by atoms with Crippen LogP contribution in [0.5, 0.6) is 5.75 Å². The molecule has 2 atom stereocenters. The predicted octanol–water partition coefficient (Wildman–Crippen LogP) is 1.75. The summed E-state index contributed by atoms with van der Waals surface area (Å²) < 4.78 is 23.7. The van der Waals surface area contributed by atoms with Crippen molar-refractivity contribution in [2.24, 2.45) is 0 Å². The van der Waals surface area contributed by atoms with Gasteiger partial charge in [0.25, 0.3) is 0 Å². The van der Waals surface area contributed by atoms with Crippen LogP contribution in [0, 0.1) is 5.82 Å². The highest BCUT2D eigenvalue weighted by molar-refractivity contribution is 5.67. The number of carbonyl (C=O) groups is 1. The maximum atomic E-state index is 13.8. The van der Waals surface area contributed by atoms with Gasteiger partial charge in [-0.25, -0.2) is 9.18 Å². The molecule has 0 spiro atoms. The van der Waals surface area contributed by atoms with Gasteiger partial charge in [-0.05, 0) is 32.9 Å². The summed E-state index contributed by atoms with van der Waals surface area (Å²) in [5.41, 5.74) is -0.755. The van der Waals surface area contributed by atoms with E-state index in [-0.39, 0.29) is 12.1 Å². The van der Waals surface area contributed by atoms with Crippen LogP contribution in [0.2, 0.25) is 0 Å². The van der Waals surface area contributed by atoms with E-state index in [1.54, 1.807) is 20.8 Å². The van der Waals surface area contributed by atoms with Gasteiger partial charge in [-0.2, -0.15) is 0 Å². The number of nitrogens with one attached hydrogen (secondary N) is 1. The molecule has 124 valence electrons. The lowest BCUT2D eigenvalue weighted by Gasteiger charge is -2.22. The van der Waals surface area contributed by atoms with Crippen LogP contribution in [-0.2, 0) is 4.74 Å². The van der Waals surface area contributed by atoms with Crippen molar-refractivity contribution >= 4 is 6.09 Å². The van der Waals surface area contributed by atoms with Crippen molar-refractivity contribution in [2.45, 2.75) is 38.6 Å². The van der Waals surface area contributed by atoms with Crippen LogP contribution in [0.15, 0.2) is 18.2 Å². The summed E-state index contributed by atoms with van der Waals surface area (Å²) in [6.07, 6.45) is -3.59. The number of hydrogen-bond donors (Lipinski definition) is 3. The molecule has 0 fully saturated rings. The first-order valence-electron chi connectivity index (χ1n) is 6.80. The first-order chi connectivity index (χ1) is 10.1. The Morgan fingerprint density at radius 3 is 2.50 bits per heavy atom. The van der Waals surface area contributed by atoms with Crippen molar-refractivity contribution in [2.75, 3.05) is 13.7 Å². The minimum Gasteiger partial charge on any atom is -0.497 e. The second-order valence-corrected chi connectivity index (χ2v) is 5.78. The number of benzene rings is 1. The zero-order valence-corrected chi connectivity index (χ0v) is 13.1. The van der Waals surface area contributed by atoms with Crippen LogP contribution in [0.3, 0.4) is 0 Å².